The Morgan fingerprint density at radius 1 is 1.18 bits per heavy atom. The van der Waals surface area contributed by atoms with Crippen molar-refractivity contribution in [2.24, 2.45) is 0 Å². The minimum atomic E-state index is -0.0319. The van der Waals surface area contributed by atoms with E-state index in [0.717, 1.165) is 12.0 Å². The molecule has 0 amide bonds. The topological polar surface area (TPSA) is 9.23 Å². The third-order valence-electron chi connectivity index (χ3n) is 3.02. The van der Waals surface area contributed by atoms with Gasteiger partial charge < -0.3 is 4.74 Å². The first-order valence-electron chi connectivity index (χ1n) is 6.18. The zero-order valence-electron chi connectivity index (χ0n) is 10.3. The van der Waals surface area contributed by atoms with Crippen LogP contribution in [0.4, 0.5) is 0 Å². The minimum Gasteiger partial charge on any atom is -0.364 e. The first kappa shape index (κ1) is 12.0. The lowest BCUT2D eigenvalue weighted by atomic mass is 9.95. The number of ether oxygens (including phenoxy) is 1. The molecule has 0 spiro atoms. The van der Waals surface area contributed by atoms with Gasteiger partial charge in [0.15, 0.2) is 0 Å². The van der Waals surface area contributed by atoms with Crippen molar-refractivity contribution in [3.63, 3.8) is 0 Å². The second kappa shape index (κ2) is 6.27. The number of benzene rings is 1. The minimum absolute atomic E-state index is 0.0319. The maximum atomic E-state index is 5.47. The summed E-state index contributed by atoms with van der Waals surface area (Å²) in [7, 11) is 1.74. The third-order valence-corrected chi connectivity index (χ3v) is 3.02. The van der Waals surface area contributed by atoms with Crippen molar-refractivity contribution >= 4 is 0 Å². The quantitative estimate of drug-likeness (QED) is 0.553. The highest BCUT2D eigenvalue weighted by Crippen LogP contribution is 2.21. The average Bonchev–Trinajstić information content (AvgIpc) is 2.42. The molecule has 1 heteroatoms. The molecule has 1 nitrogen and oxygen atoms in total. The largest absolute Gasteiger partial charge is 0.364 e. The van der Waals surface area contributed by atoms with Crippen LogP contribution < -0.4 is 0 Å². The Kier molecular flexibility index (Phi) is 4.41. The highest BCUT2D eigenvalue weighted by molar-refractivity contribution is 5.37. The Morgan fingerprint density at radius 3 is 2.65 bits per heavy atom. The molecule has 2 rings (SSSR count). The van der Waals surface area contributed by atoms with Gasteiger partial charge in [0.05, 0.1) is 0 Å². The Morgan fingerprint density at radius 2 is 2.00 bits per heavy atom. The van der Waals surface area contributed by atoms with E-state index in [9.17, 15) is 0 Å². The van der Waals surface area contributed by atoms with Crippen molar-refractivity contribution in [1.29, 1.82) is 0 Å². The molecule has 0 fully saturated rings. The Bertz CT molecular complexity index is 434. The van der Waals surface area contributed by atoms with E-state index in [0.29, 0.717) is 0 Å². The monoisotopic (exact) mass is 226 g/mol. The summed E-state index contributed by atoms with van der Waals surface area (Å²) in [5, 5.41) is 0. The fourth-order valence-electron chi connectivity index (χ4n) is 2.07. The van der Waals surface area contributed by atoms with Gasteiger partial charge in [-0.3, -0.25) is 0 Å². The molecule has 0 saturated heterocycles. The number of methoxy groups -OCH3 is 1. The normalized spacial score (nSPS) is 16.6. The lowest BCUT2D eigenvalue weighted by molar-refractivity contribution is 0.171. The summed E-state index contributed by atoms with van der Waals surface area (Å²) >= 11 is 0. The molecule has 1 aliphatic rings. The zero-order chi connectivity index (χ0) is 11.9. The summed E-state index contributed by atoms with van der Waals surface area (Å²) in [5.74, 6) is 6.39. The highest BCUT2D eigenvalue weighted by Gasteiger charge is 2.12. The van der Waals surface area contributed by atoms with Crippen LogP contribution in [0.15, 0.2) is 42.0 Å². The van der Waals surface area contributed by atoms with Gasteiger partial charge >= 0.3 is 0 Å². The fraction of sp³-hybridized carbons (Fsp3) is 0.375. The van der Waals surface area contributed by atoms with Crippen LogP contribution in [0.5, 0.6) is 0 Å². The van der Waals surface area contributed by atoms with Crippen LogP contribution in [0, 0.1) is 11.8 Å². The highest BCUT2D eigenvalue weighted by atomic mass is 16.5. The van der Waals surface area contributed by atoms with Crippen molar-refractivity contribution in [3.8, 4) is 11.8 Å². The van der Waals surface area contributed by atoms with E-state index in [1.165, 1.54) is 24.8 Å². The van der Waals surface area contributed by atoms with Gasteiger partial charge in [-0.1, -0.05) is 36.1 Å². The molecule has 0 radical (unpaired) electrons. The molecule has 88 valence electrons. The number of allylic oxidation sites excluding steroid dienone is 1. The maximum absolute atomic E-state index is 5.47. The van der Waals surface area contributed by atoms with E-state index in [1.807, 2.05) is 30.3 Å². The number of hydrogen-bond acceptors (Lipinski definition) is 1. The SMILES string of the molecule is COC(C#Cc1ccccc1)C1=CCCCC1. The van der Waals surface area contributed by atoms with Gasteiger partial charge in [0.1, 0.15) is 6.10 Å². The molecule has 0 N–H and O–H groups in total. The lowest BCUT2D eigenvalue weighted by Crippen LogP contribution is -2.13. The van der Waals surface area contributed by atoms with Crippen molar-refractivity contribution in [2.75, 3.05) is 7.11 Å². The van der Waals surface area contributed by atoms with E-state index < -0.39 is 0 Å². The standard InChI is InChI=1S/C16H18O/c1-17-16(15-10-6-3-7-11-15)13-12-14-8-4-2-5-9-14/h2,4-5,8-10,16H,3,6-7,11H2,1H3. The molecule has 0 aliphatic heterocycles. The summed E-state index contributed by atoms with van der Waals surface area (Å²) in [4.78, 5) is 0. The predicted octanol–water partition coefficient (Wildman–Crippen LogP) is 3.55. The zero-order valence-corrected chi connectivity index (χ0v) is 10.3. The van der Waals surface area contributed by atoms with Crippen LogP contribution in [0.1, 0.15) is 31.2 Å². The van der Waals surface area contributed by atoms with Crippen LogP contribution in [-0.2, 0) is 4.74 Å². The molecule has 17 heavy (non-hydrogen) atoms. The number of hydrogen-bond donors (Lipinski definition) is 0. The van der Waals surface area contributed by atoms with Gasteiger partial charge in [-0.05, 0) is 43.4 Å². The first-order chi connectivity index (χ1) is 8.40. The van der Waals surface area contributed by atoms with Crippen molar-refractivity contribution in [1.82, 2.24) is 0 Å². The Labute approximate surface area is 103 Å². The van der Waals surface area contributed by atoms with Crippen LogP contribution >= 0.6 is 0 Å². The molecule has 1 atom stereocenters. The molecule has 1 aliphatic carbocycles. The maximum Gasteiger partial charge on any atom is 0.139 e. The van der Waals surface area contributed by atoms with E-state index in [1.54, 1.807) is 7.11 Å². The molecule has 1 unspecified atom stereocenters. The van der Waals surface area contributed by atoms with Crippen molar-refractivity contribution in [3.05, 3.63) is 47.5 Å². The summed E-state index contributed by atoms with van der Waals surface area (Å²) in [6.07, 6.45) is 7.11. The van der Waals surface area contributed by atoms with Crippen LogP contribution in [0.25, 0.3) is 0 Å². The molecule has 0 aromatic heterocycles. The van der Waals surface area contributed by atoms with Crippen molar-refractivity contribution in [2.45, 2.75) is 31.8 Å². The summed E-state index contributed by atoms with van der Waals surface area (Å²) in [5.41, 5.74) is 2.40. The van der Waals surface area contributed by atoms with E-state index in [2.05, 4.69) is 17.9 Å². The van der Waals surface area contributed by atoms with Gasteiger partial charge in [0, 0.05) is 12.7 Å². The fourth-order valence-corrected chi connectivity index (χ4v) is 2.07. The van der Waals surface area contributed by atoms with Gasteiger partial charge in [-0.2, -0.15) is 0 Å². The second-order valence-electron chi connectivity index (χ2n) is 4.28. The van der Waals surface area contributed by atoms with Gasteiger partial charge in [0.25, 0.3) is 0 Å². The van der Waals surface area contributed by atoms with Gasteiger partial charge in [0.2, 0.25) is 0 Å². The average molecular weight is 226 g/mol. The van der Waals surface area contributed by atoms with Crippen LogP contribution in [0.3, 0.4) is 0 Å². The molecule has 0 saturated carbocycles. The first-order valence-corrected chi connectivity index (χ1v) is 6.18. The van der Waals surface area contributed by atoms with E-state index in [-0.39, 0.29) is 6.10 Å². The molecule has 1 aromatic carbocycles. The third kappa shape index (κ3) is 3.47. The van der Waals surface area contributed by atoms with E-state index in [4.69, 9.17) is 4.74 Å². The molecular weight excluding hydrogens is 208 g/mol. The van der Waals surface area contributed by atoms with Gasteiger partial charge in [-0.25, -0.2) is 0 Å². The van der Waals surface area contributed by atoms with Crippen LogP contribution in [-0.4, -0.2) is 13.2 Å². The Hall–Kier alpha value is -1.52. The molecule has 1 aromatic rings. The number of rotatable bonds is 2. The smallest absolute Gasteiger partial charge is 0.139 e. The molecular formula is C16H18O. The second-order valence-corrected chi connectivity index (χ2v) is 4.28. The van der Waals surface area contributed by atoms with E-state index >= 15 is 0 Å². The Balaban J connectivity index is 2.10. The van der Waals surface area contributed by atoms with Gasteiger partial charge in [-0.15, -0.1) is 0 Å². The summed E-state index contributed by atoms with van der Waals surface area (Å²) in [6, 6.07) is 10.1. The molecule has 0 heterocycles. The summed E-state index contributed by atoms with van der Waals surface area (Å²) in [6.45, 7) is 0. The lowest BCUT2D eigenvalue weighted by Gasteiger charge is -2.17. The van der Waals surface area contributed by atoms with Crippen molar-refractivity contribution < 1.29 is 4.74 Å². The molecule has 0 bridgehead atoms. The van der Waals surface area contributed by atoms with Crippen LogP contribution in [0.2, 0.25) is 0 Å². The summed E-state index contributed by atoms with van der Waals surface area (Å²) < 4.78 is 5.47. The predicted molar refractivity (Wildman–Crippen MR) is 70.7 cm³/mol.